The van der Waals surface area contributed by atoms with Crippen LogP contribution in [0.1, 0.15) is 0 Å². The molecular weight excluding hydrogens is 222 g/mol. The number of pyridine rings is 1. The largest absolute Gasteiger partial charge is 0.291 e. The number of benzene rings is 1. The second-order valence-electron chi connectivity index (χ2n) is 3.48. The van der Waals surface area contributed by atoms with Gasteiger partial charge in [-0.1, -0.05) is 11.6 Å². The van der Waals surface area contributed by atoms with Crippen LogP contribution in [0, 0.1) is 0 Å². The maximum Gasteiger partial charge on any atom is 0.138 e. The molecule has 1 aromatic carbocycles. The van der Waals surface area contributed by atoms with Crippen LogP contribution in [0.3, 0.4) is 0 Å². The normalized spacial score (nSPS) is 10.8. The van der Waals surface area contributed by atoms with Gasteiger partial charge in [-0.05, 0) is 30.3 Å². The van der Waals surface area contributed by atoms with Crippen LogP contribution in [-0.2, 0) is 0 Å². The first-order chi connectivity index (χ1) is 7.83. The van der Waals surface area contributed by atoms with Crippen molar-refractivity contribution in [3.63, 3.8) is 0 Å². The highest BCUT2D eigenvalue weighted by molar-refractivity contribution is 6.31. The van der Waals surface area contributed by atoms with Crippen LogP contribution < -0.4 is 0 Å². The van der Waals surface area contributed by atoms with E-state index in [0.29, 0.717) is 0 Å². The lowest BCUT2D eigenvalue weighted by molar-refractivity contribution is 1.01. The van der Waals surface area contributed by atoms with Gasteiger partial charge in [0.2, 0.25) is 0 Å². The van der Waals surface area contributed by atoms with Gasteiger partial charge in [-0.2, -0.15) is 0 Å². The lowest BCUT2D eigenvalue weighted by Crippen LogP contribution is -1.93. The molecule has 3 rings (SSSR count). The third kappa shape index (κ3) is 1.55. The Balaban J connectivity index is 2.20. The highest BCUT2D eigenvalue weighted by atomic mass is 35.5. The van der Waals surface area contributed by atoms with Crippen molar-refractivity contribution in [2.75, 3.05) is 0 Å². The summed E-state index contributed by atoms with van der Waals surface area (Å²) in [6.07, 6.45) is 5.32. The van der Waals surface area contributed by atoms with Gasteiger partial charge >= 0.3 is 0 Å². The van der Waals surface area contributed by atoms with Gasteiger partial charge in [0, 0.05) is 22.8 Å². The molecule has 0 fully saturated rings. The minimum atomic E-state index is 0.727. The Bertz CT molecular complexity index is 632. The average molecular weight is 230 g/mol. The zero-order chi connectivity index (χ0) is 11.0. The van der Waals surface area contributed by atoms with Crippen LogP contribution in [0.4, 0.5) is 0 Å². The molecule has 0 amide bonds. The summed E-state index contributed by atoms with van der Waals surface area (Å²) in [5, 5.41) is 1.76. The van der Waals surface area contributed by atoms with E-state index in [2.05, 4.69) is 9.97 Å². The lowest BCUT2D eigenvalue weighted by Gasteiger charge is -2.03. The van der Waals surface area contributed by atoms with Gasteiger partial charge in [0.15, 0.2) is 0 Å². The molecule has 78 valence electrons. The van der Waals surface area contributed by atoms with Crippen LogP contribution in [0.25, 0.3) is 16.7 Å². The molecule has 0 aliphatic rings. The number of aromatic nitrogens is 3. The minimum absolute atomic E-state index is 0.727. The van der Waals surface area contributed by atoms with Crippen LogP contribution in [-0.4, -0.2) is 14.5 Å². The molecule has 4 heteroatoms. The summed E-state index contributed by atoms with van der Waals surface area (Å²) in [7, 11) is 0. The molecule has 0 unspecified atom stereocenters. The number of nitrogens with zero attached hydrogens (tertiary/aromatic N) is 3. The summed E-state index contributed by atoms with van der Waals surface area (Å²) in [6.45, 7) is 0. The van der Waals surface area contributed by atoms with Crippen molar-refractivity contribution >= 4 is 22.5 Å². The van der Waals surface area contributed by atoms with Gasteiger partial charge < -0.3 is 0 Å². The van der Waals surface area contributed by atoms with Crippen molar-refractivity contribution in [3.8, 4) is 5.82 Å². The predicted octanol–water partition coefficient (Wildman–Crippen LogP) is 3.07. The van der Waals surface area contributed by atoms with Crippen molar-refractivity contribution in [3.05, 3.63) is 54.1 Å². The summed E-state index contributed by atoms with van der Waals surface area (Å²) in [6, 6.07) is 9.61. The van der Waals surface area contributed by atoms with Crippen LogP contribution in [0.5, 0.6) is 0 Å². The van der Waals surface area contributed by atoms with Crippen molar-refractivity contribution < 1.29 is 0 Å². The predicted molar refractivity (Wildman–Crippen MR) is 63.9 cm³/mol. The number of hydrogen-bond donors (Lipinski definition) is 0. The molecule has 0 aliphatic carbocycles. The van der Waals surface area contributed by atoms with Crippen LogP contribution >= 0.6 is 11.6 Å². The summed E-state index contributed by atoms with van der Waals surface area (Å²) in [5.74, 6) is 0.854. The van der Waals surface area contributed by atoms with E-state index in [1.54, 1.807) is 12.5 Å². The van der Waals surface area contributed by atoms with Gasteiger partial charge in [-0.3, -0.25) is 4.57 Å². The van der Waals surface area contributed by atoms with Crippen molar-refractivity contribution in [2.24, 2.45) is 0 Å². The fourth-order valence-corrected chi connectivity index (χ4v) is 1.80. The number of halogens is 1. The monoisotopic (exact) mass is 229 g/mol. The van der Waals surface area contributed by atoms with E-state index in [9.17, 15) is 0 Å². The minimum Gasteiger partial charge on any atom is -0.291 e. The maximum atomic E-state index is 5.92. The van der Waals surface area contributed by atoms with Gasteiger partial charge in [-0.25, -0.2) is 9.97 Å². The zero-order valence-corrected chi connectivity index (χ0v) is 9.09. The van der Waals surface area contributed by atoms with E-state index in [0.717, 1.165) is 21.7 Å². The van der Waals surface area contributed by atoms with Crippen LogP contribution in [0.2, 0.25) is 5.02 Å². The maximum absolute atomic E-state index is 5.92. The second-order valence-corrected chi connectivity index (χ2v) is 3.91. The van der Waals surface area contributed by atoms with E-state index in [1.165, 1.54) is 0 Å². The first kappa shape index (κ1) is 9.36. The Kier molecular flexibility index (Phi) is 2.11. The SMILES string of the molecule is Clc1ccc2nc(-n3ccnc3)ccc2c1. The smallest absolute Gasteiger partial charge is 0.138 e. The molecule has 0 spiro atoms. The Morgan fingerprint density at radius 1 is 1.12 bits per heavy atom. The molecule has 2 heterocycles. The molecule has 3 nitrogen and oxygen atoms in total. The topological polar surface area (TPSA) is 30.7 Å². The molecule has 0 saturated heterocycles. The molecule has 0 atom stereocenters. The quantitative estimate of drug-likeness (QED) is 0.642. The fraction of sp³-hybridized carbons (Fsp3) is 0. The summed E-state index contributed by atoms with van der Waals surface area (Å²) in [5.41, 5.74) is 0.926. The van der Waals surface area contributed by atoms with Gasteiger partial charge in [0.05, 0.1) is 5.52 Å². The second kappa shape index (κ2) is 3.61. The number of imidazole rings is 1. The molecule has 3 aromatic rings. The third-order valence-electron chi connectivity index (χ3n) is 2.41. The Morgan fingerprint density at radius 3 is 2.88 bits per heavy atom. The summed E-state index contributed by atoms with van der Waals surface area (Å²) in [4.78, 5) is 8.52. The highest BCUT2D eigenvalue weighted by Crippen LogP contribution is 2.19. The first-order valence-corrected chi connectivity index (χ1v) is 5.25. The lowest BCUT2D eigenvalue weighted by atomic mass is 10.2. The van der Waals surface area contributed by atoms with E-state index in [4.69, 9.17) is 11.6 Å². The molecule has 0 radical (unpaired) electrons. The van der Waals surface area contributed by atoms with E-state index >= 15 is 0 Å². The Hall–Kier alpha value is -1.87. The van der Waals surface area contributed by atoms with E-state index < -0.39 is 0 Å². The summed E-state index contributed by atoms with van der Waals surface area (Å²) >= 11 is 5.92. The summed E-state index contributed by atoms with van der Waals surface area (Å²) < 4.78 is 1.87. The molecule has 0 N–H and O–H groups in total. The van der Waals surface area contributed by atoms with Crippen molar-refractivity contribution in [1.29, 1.82) is 0 Å². The molecular formula is C12H8ClN3. The van der Waals surface area contributed by atoms with E-state index in [1.807, 2.05) is 41.1 Å². The van der Waals surface area contributed by atoms with Crippen molar-refractivity contribution in [2.45, 2.75) is 0 Å². The highest BCUT2D eigenvalue weighted by Gasteiger charge is 2.00. The molecule has 2 aromatic heterocycles. The van der Waals surface area contributed by atoms with Crippen molar-refractivity contribution in [1.82, 2.24) is 14.5 Å². The standard InChI is InChI=1S/C12H8ClN3/c13-10-2-3-11-9(7-10)1-4-12(15-11)16-6-5-14-8-16/h1-8H. The molecule has 0 bridgehead atoms. The molecule has 16 heavy (non-hydrogen) atoms. The van der Waals surface area contributed by atoms with Gasteiger partial charge in [-0.15, -0.1) is 0 Å². The van der Waals surface area contributed by atoms with E-state index in [-0.39, 0.29) is 0 Å². The average Bonchev–Trinajstić information content (AvgIpc) is 2.82. The Morgan fingerprint density at radius 2 is 2.06 bits per heavy atom. The third-order valence-corrected chi connectivity index (χ3v) is 2.64. The van der Waals surface area contributed by atoms with Gasteiger partial charge in [0.1, 0.15) is 12.1 Å². The molecule has 0 saturated carbocycles. The first-order valence-electron chi connectivity index (χ1n) is 4.87. The van der Waals surface area contributed by atoms with Gasteiger partial charge in [0.25, 0.3) is 0 Å². The van der Waals surface area contributed by atoms with Crippen LogP contribution in [0.15, 0.2) is 49.1 Å². The number of hydrogen-bond acceptors (Lipinski definition) is 2. The number of rotatable bonds is 1. The number of fused-ring (bicyclic) bond motifs is 1. The molecule has 0 aliphatic heterocycles. The zero-order valence-electron chi connectivity index (χ0n) is 8.34. The fourth-order valence-electron chi connectivity index (χ4n) is 1.62. The Labute approximate surface area is 97.3 Å².